The van der Waals surface area contributed by atoms with Crippen molar-refractivity contribution in [2.24, 2.45) is 0 Å². The molecule has 0 saturated heterocycles. The van der Waals surface area contributed by atoms with Gasteiger partial charge in [-0.25, -0.2) is 8.78 Å². The van der Waals surface area contributed by atoms with Crippen LogP contribution in [0, 0.1) is 34.3 Å². The van der Waals surface area contributed by atoms with Gasteiger partial charge >= 0.3 is 6.04 Å². The minimum Gasteiger partial charge on any atom is -0.276 e. The highest BCUT2D eigenvalue weighted by atomic mass is 128. The van der Waals surface area contributed by atoms with Gasteiger partial charge in [-0.1, -0.05) is 46.4 Å². The van der Waals surface area contributed by atoms with Crippen LogP contribution in [0.3, 0.4) is 0 Å². The van der Waals surface area contributed by atoms with Gasteiger partial charge < -0.3 is 0 Å². The summed E-state index contributed by atoms with van der Waals surface area (Å²) in [7, 11) is 0. The Kier molecular flexibility index (Phi) is 13.5. The van der Waals surface area contributed by atoms with Crippen molar-refractivity contribution >= 4 is 107 Å². The Morgan fingerprint density at radius 2 is 1.13 bits per heavy atom. The topological polar surface area (TPSA) is 81.7 Å². The molecule has 0 aliphatic heterocycles. The quantitative estimate of drug-likeness (QED) is 0.176. The molecule has 2 aromatic carbocycles. The molecule has 0 saturated carbocycles. The maximum absolute atomic E-state index is 13.0. The van der Waals surface area contributed by atoms with E-state index in [1.54, 1.807) is 6.07 Å². The van der Waals surface area contributed by atoms with Crippen molar-refractivity contribution in [2.75, 3.05) is 0 Å². The molecule has 2 aromatic rings. The van der Waals surface area contributed by atoms with E-state index in [0.29, 0.717) is 6.07 Å². The monoisotopic (exact) mass is 740 g/mol. The highest BCUT2D eigenvalue weighted by Crippen LogP contribution is 2.31. The van der Waals surface area contributed by atoms with E-state index >= 15 is 0 Å². The number of nitrogens with zero attached hydrogens (tertiary/aromatic N) is 2. The predicted octanol–water partition coefficient (Wildman–Crippen LogP) is 8.27. The van der Waals surface area contributed by atoms with E-state index in [1.807, 2.05) is 0 Å². The van der Waals surface area contributed by atoms with Crippen LogP contribution in [0.2, 0.25) is 20.1 Å². The molecule has 0 unspecified atom stereocenters. The number of benzene rings is 2. The maximum Gasteiger partial charge on any atom is 0.333 e. The fourth-order valence-corrected chi connectivity index (χ4v) is 2.91. The molecule has 0 amide bonds. The Labute approximate surface area is 216 Å². The summed E-state index contributed by atoms with van der Waals surface area (Å²) in [6.07, 6.45) is 0. The first-order valence-corrected chi connectivity index (χ1v) is 14.8. The molecule has 0 N–H and O–H groups in total. The van der Waals surface area contributed by atoms with E-state index in [-0.39, 0.29) is 16.1 Å². The van der Waals surface area contributed by atoms with Crippen LogP contribution in [0.1, 0.15) is 31.8 Å². The van der Waals surface area contributed by atoms with E-state index in [4.69, 9.17) is 68.5 Å². The predicted molar refractivity (Wildman–Crippen MR) is 126 cm³/mol. The molecule has 0 radical (unpaired) electrons. The van der Waals surface area contributed by atoms with Crippen LogP contribution in [0.4, 0.5) is 13.2 Å². The molecule has 0 bridgehead atoms. The number of halogens is 10. The lowest BCUT2D eigenvalue weighted by atomic mass is 10.1. The molecule has 14 heteroatoms. The molecule has 0 spiro atoms. The van der Waals surface area contributed by atoms with Crippen LogP contribution >= 0.6 is 95.2 Å². The van der Waals surface area contributed by atoms with Gasteiger partial charge in [0.25, 0.3) is 5.24 Å². The molecule has 0 aromatic heterocycles. The van der Waals surface area contributed by atoms with Gasteiger partial charge in [0.15, 0.2) is 0 Å². The number of nitriles is 2. The molecule has 0 heterocycles. The molecular formula is C16H2Cl5F3I2N2O2. The number of hydrogen-bond donors (Lipinski definition) is 0. The molecule has 0 fully saturated rings. The molecular weight excluding hydrogens is 740 g/mol. The second kappa shape index (κ2) is 13.8. The highest BCUT2D eigenvalue weighted by Gasteiger charge is 2.20. The van der Waals surface area contributed by atoms with Crippen molar-refractivity contribution in [1.82, 2.24) is 0 Å². The zero-order chi connectivity index (χ0) is 23.8. The first kappa shape index (κ1) is 29.5. The smallest absolute Gasteiger partial charge is 0.276 e. The summed E-state index contributed by atoms with van der Waals surface area (Å²) in [6, 6.07) is 2.49. The first-order chi connectivity index (χ1) is 14.0. The zero-order valence-electron chi connectivity index (χ0n) is 13.6. The minimum atomic E-state index is -1.91. The van der Waals surface area contributed by atoms with Crippen molar-refractivity contribution in [3.63, 3.8) is 0 Å². The van der Waals surface area contributed by atoms with Crippen LogP contribution in [0.15, 0.2) is 12.1 Å². The average molecular weight is 742 g/mol. The second-order valence-corrected chi connectivity index (χ2v) is 6.44. The van der Waals surface area contributed by atoms with Gasteiger partial charge in [-0.15, -0.1) is 0 Å². The molecule has 0 atom stereocenters. The van der Waals surface area contributed by atoms with Crippen LogP contribution < -0.4 is 0 Å². The summed E-state index contributed by atoms with van der Waals surface area (Å²) < 4.78 is 38.2. The summed E-state index contributed by atoms with van der Waals surface area (Å²) in [4.78, 5) is 21.1. The third-order valence-corrected chi connectivity index (χ3v) is 4.69. The minimum absolute atomic E-state index is 0.237. The number of hydrogen-bond acceptors (Lipinski definition) is 4. The lowest BCUT2D eigenvalue weighted by Gasteiger charge is -2.03. The Balaban J connectivity index is 0.000000518. The maximum atomic E-state index is 13.0. The van der Waals surface area contributed by atoms with Crippen LogP contribution in [0.5, 0.6) is 0 Å². The van der Waals surface area contributed by atoms with Gasteiger partial charge in [0.1, 0.15) is 23.8 Å². The second-order valence-electron chi connectivity index (χ2n) is 4.59. The summed E-state index contributed by atoms with van der Waals surface area (Å²) in [6.45, 7) is 0. The van der Waals surface area contributed by atoms with Gasteiger partial charge in [-0.3, -0.25) is 9.59 Å². The standard InChI is InChI=1S/C8HCl3FNO.C8HCl2F2NO.I2/c9-6-3(8(11)14)1-5(12)7(10)4(6)2-13;9-6-3(8(12)14)1-5(11)7(10)4(6)2-13;1-2/h2*1H;. The first-order valence-electron chi connectivity index (χ1n) is 6.66. The summed E-state index contributed by atoms with van der Waals surface area (Å²) >= 11 is 31.2. The SMILES string of the molecule is II.N#Cc1c(Cl)c(F)cc(C(=O)Cl)c1Cl.N#Cc1c(Cl)c(F)cc(C(=O)F)c1Cl. The van der Waals surface area contributed by atoms with Crippen molar-refractivity contribution in [3.05, 3.63) is 66.1 Å². The molecule has 2 rings (SSSR count). The molecule has 4 nitrogen and oxygen atoms in total. The average Bonchev–Trinajstić information content (AvgIpc) is 2.70. The third-order valence-electron chi connectivity index (χ3n) is 2.96. The fourth-order valence-electron chi connectivity index (χ4n) is 1.69. The molecule has 158 valence electrons. The van der Waals surface area contributed by atoms with Gasteiger partial charge in [0, 0.05) is 37.2 Å². The third kappa shape index (κ3) is 7.26. The van der Waals surface area contributed by atoms with Crippen molar-refractivity contribution < 1.29 is 22.8 Å². The highest BCUT2D eigenvalue weighted by molar-refractivity contribution is 15.0. The summed E-state index contributed by atoms with van der Waals surface area (Å²) in [5, 5.41) is 14.5. The fraction of sp³-hybridized carbons (Fsp3) is 0. The Morgan fingerprint density at radius 3 is 1.43 bits per heavy atom. The van der Waals surface area contributed by atoms with Crippen molar-refractivity contribution in [3.8, 4) is 12.1 Å². The van der Waals surface area contributed by atoms with E-state index in [0.717, 1.165) is 6.07 Å². The van der Waals surface area contributed by atoms with Crippen molar-refractivity contribution in [2.45, 2.75) is 0 Å². The van der Waals surface area contributed by atoms with Crippen molar-refractivity contribution in [1.29, 1.82) is 10.5 Å². The van der Waals surface area contributed by atoms with E-state index < -0.39 is 49.1 Å². The normalized spacial score (nSPS) is 9.20. The van der Waals surface area contributed by atoms with Gasteiger partial charge in [-0.05, 0) is 23.7 Å². The molecule has 30 heavy (non-hydrogen) atoms. The van der Waals surface area contributed by atoms with E-state index in [2.05, 4.69) is 37.2 Å². The van der Waals surface area contributed by atoms with Gasteiger partial charge in [-0.2, -0.15) is 14.9 Å². The van der Waals surface area contributed by atoms with E-state index in [1.165, 1.54) is 6.07 Å². The summed E-state index contributed by atoms with van der Waals surface area (Å²) in [5.41, 5.74) is -1.72. The largest absolute Gasteiger partial charge is 0.333 e. The van der Waals surface area contributed by atoms with Gasteiger partial charge in [0.05, 0.1) is 42.3 Å². The lowest BCUT2D eigenvalue weighted by Crippen LogP contribution is -1.97. The van der Waals surface area contributed by atoms with Crippen LogP contribution in [0.25, 0.3) is 0 Å². The van der Waals surface area contributed by atoms with Crippen LogP contribution in [-0.2, 0) is 0 Å². The van der Waals surface area contributed by atoms with E-state index in [9.17, 15) is 22.8 Å². The number of carbonyl (C=O) groups is 2. The van der Waals surface area contributed by atoms with Gasteiger partial charge in [0.2, 0.25) is 0 Å². The van der Waals surface area contributed by atoms with Crippen LogP contribution in [-0.4, -0.2) is 11.3 Å². The Hall–Kier alpha value is -0.540. The molecule has 0 aliphatic carbocycles. The zero-order valence-corrected chi connectivity index (χ0v) is 21.7. The lowest BCUT2D eigenvalue weighted by molar-refractivity contribution is 0.0835. The Morgan fingerprint density at radius 1 is 0.800 bits per heavy atom. The number of carbonyl (C=O) groups excluding carboxylic acids is 2. The molecule has 0 aliphatic rings. The number of rotatable bonds is 2. The Bertz CT molecular complexity index is 1000. The summed E-state index contributed by atoms with van der Waals surface area (Å²) in [5.74, 6) is -1.97.